The van der Waals surface area contributed by atoms with E-state index in [0.29, 0.717) is 0 Å². The monoisotopic (exact) mass is 266 g/mol. The first-order valence-electron chi connectivity index (χ1n) is 6.50. The van der Waals surface area contributed by atoms with Gasteiger partial charge in [0.05, 0.1) is 10.8 Å². The number of hydrogen-bond acceptors (Lipinski definition) is 4. The van der Waals surface area contributed by atoms with Crippen molar-refractivity contribution in [2.75, 3.05) is 0 Å². The lowest BCUT2D eigenvalue weighted by atomic mass is 9.62. The maximum atomic E-state index is 12.3. The molecule has 0 aromatic carbocycles. The van der Waals surface area contributed by atoms with Crippen LogP contribution in [0.15, 0.2) is 11.3 Å². The number of allylic oxidation sites excluding steroid dienone is 2. The largest absolute Gasteiger partial charge is 0.510 e. The smallest absolute Gasteiger partial charge is 0.182 e. The summed E-state index contributed by atoms with van der Waals surface area (Å²) in [6.07, 6.45) is 0.186. The zero-order chi connectivity index (χ0) is 15.2. The van der Waals surface area contributed by atoms with Gasteiger partial charge in [0.2, 0.25) is 0 Å². The van der Waals surface area contributed by atoms with Crippen molar-refractivity contribution in [3.05, 3.63) is 11.3 Å². The van der Waals surface area contributed by atoms with Gasteiger partial charge in [-0.1, -0.05) is 13.8 Å². The zero-order valence-electron chi connectivity index (χ0n) is 12.5. The molecular weight excluding hydrogens is 244 g/mol. The summed E-state index contributed by atoms with van der Waals surface area (Å²) >= 11 is 0. The third kappa shape index (κ3) is 2.36. The molecule has 1 N–H and O–H groups in total. The highest BCUT2D eigenvalue weighted by atomic mass is 16.3. The van der Waals surface area contributed by atoms with Gasteiger partial charge in [-0.15, -0.1) is 0 Å². The van der Waals surface area contributed by atoms with Crippen LogP contribution in [-0.4, -0.2) is 22.5 Å². The molecule has 0 saturated heterocycles. The molecule has 0 atom stereocenters. The number of Topliss-reactive ketones (excluding diaryl/α,β-unsaturated/α-hetero) is 3. The summed E-state index contributed by atoms with van der Waals surface area (Å²) in [5, 5.41) is 10.2. The Balaban J connectivity index is 3.43. The average Bonchev–Trinajstić information content (AvgIpc) is 2.25. The predicted molar refractivity (Wildman–Crippen MR) is 71.7 cm³/mol. The number of carbonyl (C=O) groups is 3. The van der Waals surface area contributed by atoms with E-state index in [2.05, 4.69) is 0 Å². The van der Waals surface area contributed by atoms with Crippen molar-refractivity contribution in [3.63, 3.8) is 0 Å². The molecule has 0 bridgehead atoms. The molecule has 1 aliphatic rings. The van der Waals surface area contributed by atoms with Gasteiger partial charge in [-0.3, -0.25) is 14.4 Å². The van der Waals surface area contributed by atoms with Gasteiger partial charge >= 0.3 is 0 Å². The van der Waals surface area contributed by atoms with Crippen LogP contribution in [0.5, 0.6) is 0 Å². The Morgan fingerprint density at radius 2 is 1.58 bits per heavy atom. The Hall–Kier alpha value is -1.45. The Bertz CT molecular complexity index is 478. The van der Waals surface area contributed by atoms with E-state index in [1.54, 1.807) is 13.8 Å². The van der Waals surface area contributed by atoms with E-state index in [0.717, 1.165) is 0 Å². The molecule has 0 fully saturated rings. The van der Waals surface area contributed by atoms with Crippen LogP contribution < -0.4 is 0 Å². The predicted octanol–water partition coefficient (Wildman–Crippen LogP) is 2.62. The highest BCUT2D eigenvalue weighted by molar-refractivity contribution is 6.30. The summed E-state index contributed by atoms with van der Waals surface area (Å²) in [5.41, 5.74) is -2.65. The van der Waals surface area contributed by atoms with Crippen molar-refractivity contribution in [3.8, 4) is 0 Å². The van der Waals surface area contributed by atoms with E-state index < -0.39 is 16.6 Å². The Labute approximate surface area is 113 Å². The Morgan fingerprint density at radius 1 is 1.11 bits per heavy atom. The van der Waals surface area contributed by atoms with Crippen LogP contribution in [0.1, 0.15) is 48.0 Å². The topological polar surface area (TPSA) is 71.4 Å². The van der Waals surface area contributed by atoms with Gasteiger partial charge in [-0.25, -0.2) is 0 Å². The SMILES string of the molecule is CC(C)CC(=O)C1=C(O)C(C)(C)C(=O)C(C)(C)C1=O. The number of aliphatic hydroxyl groups excluding tert-OH is 1. The minimum Gasteiger partial charge on any atom is -0.510 e. The van der Waals surface area contributed by atoms with Gasteiger partial charge in [0.1, 0.15) is 11.3 Å². The van der Waals surface area contributed by atoms with Gasteiger partial charge in [0, 0.05) is 6.42 Å². The maximum absolute atomic E-state index is 12.3. The second-order valence-electron chi connectivity index (χ2n) is 6.65. The van der Waals surface area contributed by atoms with Crippen molar-refractivity contribution in [2.24, 2.45) is 16.7 Å². The highest BCUT2D eigenvalue weighted by Gasteiger charge is 2.54. The average molecular weight is 266 g/mol. The number of ketones is 3. The van der Waals surface area contributed by atoms with E-state index in [4.69, 9.17) is 0 Å². The normalized spacial score (nSPS) is 22.1. The molecule has 0 amide bonds. The standard InChI is InChI=1S/C15H22O4/c1-8(2)7-9(16)10-11(17)14(3,4)13(19)15(5,6)12(10)18/h8,17H,7H2,1-6H3. The van der Waals surface area contributed by atoms with E-state index in [1.165, 1.54) is 13.8 Å². The quantitative estimate of drug-likeness (QED) is 0.629. The van der Waals surface area contributed by atoms with Crippen molar-refractivity contribution in [1.82, 2.24) is 0 Å². The molecule has 0 aliphatic heterocycles. The van der Waals surface area contributed by atoms with Crippen LogP contribution in [0.25, 0.3) is 0 Å². The molecule has 106 valence electrons. The molecule has 0 aromatic rings. The van der Waals surface area contributed by atoms with Gasteiger partial charge in [0.25, 0.3) is 0 Å². The van der Waals surface area contributed by atoms with Crippen LogP contribution in [0.2, 0.25) is 0 Å². The fourth-order valence-electron chi connectivity index (χ4n) is 2.46. The van der Waals surface area contributed by atoms with Crippen LogP contribution >= 0.6 is 0 Å². The molecule has 19 heavy (non-hydrogen) atoms. The number of hydrogen-bond donors (Lipinski definition) is 1. The molecule has 0 heterocycles. The summed E-state index contributed by atoms with van der Waals surface area (Å²) in [6.45, 7) is 9.83. The highest BCUT2D eigenvalue weighted by Crippen LogP contribution is 2.43. The van der Waals surface area contributed by atoms with Gasteiger partial charge in [-0.2, -0.15) is 0 Å². The molecule has 1 aliphatic carbocycles. The summed E-state index contributed by atoms with van der Waals surface area (Å²) < 4.78 is 0. The minimum atomic E-state index is -1.27. The van der Waals surface area contributed by atoms with Crippen molar-refractivity contribution in [1.29, 1.82) is 0 Å². The molecule has 0 spiro atoms. The number of carbonyl (C=O) groups excluding carboxylic acids is 3. The van der Waals surface area contributed by atoms with Gasteiger partial charge in [-0.05, 0) is 33.6 Å². The zero-order valence-corrected chi connectivity index (χ0v) is 12.5. The second-order valence-corrected chi connectivity index (χ2v) is 6.65. The third-order valence-electron chi connectivity index (χ3n) is 3.63. The third-order valence-corrected chi connectivity index (χ3v) is 3.63. The minimum absolute atomic E-state index is 0.0875. The molecule has 0 saturated carbocycles. The molecule has 0 unspecified atom stereocenters. The van der Waals surface area contributed by atoms with Crippen LogP contribution in [0, 0.1) is 16.7 Å². The first-order valence-corrected chi connectivity index (χ1v) is 6.50. The van der Waals surface area contributed by atoms with Crippen LogP contribution in [0.4, 0.5) is 0 Å². The van der Waals surface area contributed by atoms with E-state index in [1.807, 2.05) is 13.8 Å². The van der Waals surface area contributed by atoms with E-state index in [-0.39, 0.29) is 35.2 Å². The summed E-state index contributed by atoms with van der Waals surface area (Å²) in [5.74, 6) is -1.60. The first-order chi connectivity index (χ1) is 8.44. The summed E-state index contributed by atoms with van der Waals surface area (Å²) in [4.78, 5) is 36.7. The second kappa shape index (κ2) is 4.58. The molecule has 4 nitrogen and oxygen atoms in total. The van der Waals surface area contributed by atoms with Crippen molar-refractivity contribution < 1.29 is 19.5 Å². The lowest BCUT2D eigenvalue weighted by Crippen LogP contribution is -2.50. The van der Waals surface area contributed by atoms with Crippen molar-refractivity contribution in [2.45, 2.75) is 48.0 Å². The fraction of sp³-hybridized carbons (Fsp3) is 0.667. The van der Waals surface area contributed by atoms with Crippen LogP contribution in [-0.2, 0) is 14.4 Å². The number of aliphatic hydroxyl groups is 1. The Kier molecular flexibility index (Phi) is 3.76. The summed E-state index contributed by atoms with van der Waals surface area (Å²) in [6, 6.07) is 0. The summed E-state index contributed by atoms with van der Waals surface area (Å²) in [7, 11) is 0. The Morgan fingerprint density at radius 3 is 2.00 bits per heavy atom. The maximum Gasteiger partial charge on any atom is 0.182 e. The van der Waals surface area contributed by atoms with E-state index >= 15 is 0 Å². The molecular formula is C15H22O4. The van der Waals surface area contributed by atoms with Gasteiger partial charge in [0.15, 0.2) is 17.3 Å². The first kappa shape index (κ1) is 15.6. The number of rotatable bonds is 3. The van der Waals surface area contributed by atoms with Crippen LogP contribution in [0.3, 0.4) is 0 Å². The molecule has 0 aromatic heterocycles. The fourth-order valence-corrected chi connectivity index (χ4v) is 2.46. The van der Waals surface area contributed by atoms with Crippen molar-refractivity contribution >= 4 is 17.3 Å². The molecule has 4 heteroatoms. The van der Waals surface area contributed by atoms with E-state index in [9.17, 15) is 19.5 Å². The molecule has 0 radical (unpaired) electrons. The van der Waals surface area contributed by atoms with Gasteiger partial charge < -0.3 is 5.11 Å². The lowest BCUT2D eigenvalue weighted by molar-refractivity contribution is -0.145. The molecule has 1 rings (SSSR count). The lowest BCUT2D eigenvalue weighted by Gasteiger charge is -2.37.